The van der Waals surface area contributed by atoms with Gasteiger partial charge in [-0.25, -0.2) is 0 Å². The van der Waals surface area contributed by atoms with Crippen molar-refractivity contribution in [1.29, 1.82) is 0 Å². The van der Waals surface area contributed by atoms with Crippen LogP contribution in [0.5, 0.6) is 5.75 Å². The van der Waals surface area contributed by atoms with E-state index in [1.54, 1.807) is 12.1 Å². The first-order chi connectivity index (χ1) is 8.36. The molecule has 0 unspecified atom stereocenters. The highest BCUT2D eigenvalue weighted by molar-refractivity contribution is 7.99. The van der Waals surface area contributed by atoms with Crippen LogP contribution in [0.2, 0.25) is 0 Å². The predicted molar refractivity (Wildman–Crippen MR) is 68.1 cm³/mol. The quantitative estimate of drug-likeness (QED) is 0.352. The summed E-state index contributed by atoms with van der Waals surface area (Å²) in [7, 11) is 0. The number of hydrogen-bond donors (Lipinski definition) is 0. The SMILES string of the molecule is [O-][n+]1ccccc1SCCOc1ccccc1. The van der Waals surface area contributed by atoms with E-state index in [2.05, 4.69) is 0 Å². The third-order valence-electron chi connectivity index (χ3n) is 2.13. The summed E-state index contributed by atoms with van der Waals surface area (Å²) in [5.74, 6) is 1.61. The maximum Gasteiger partial charge on any atom is 0.251 e. The number of benzene rings is 1. The van der Waals surface area contributed by atoms with Crippen LogP contribution in [0.15, 0.2) is 59.8 Å². The molecule has 1 aromatic carbocycles. The summed E-state index contributed by atoms with van der Waals surface area (Å²) in [6, 6.07) is 15.0. The standard InChI is InChI=1S/C13H13NO2S/c15-14-9-5-4-8-13(14)17-11-10-16-12-6-2-1-3-7-12/h1-9H,10-11H2. The predicted octanol–water partition coefficient (Wildman–Crippen LogP) is 2.49. The van der Waals surface area contributed by atoms with Crippen LogP contribution in [-0.2, 0) is 0 Å². The summed E-state index contributed by atoms with van der Waals surface area (Å²) in [6.07, 6.45) is 1.50. The van der Waals surface area contributed by atoms with E-state index in [4.69, 9.17) is 4.74 Å². The Bertz CT molecular complexity index is 462. The molecule has 1 heterocycles. The molecule has 0 saturated heterocycles. The van der Waals surface area contributed by atoms with Crippen molar-refractivity contribution < 1.29 is 9.47 Å². The molecule has 0 amide bonds. The first-order valence-electron chi connectivity index (χ1n) is 5.35. The Morgan fingerprint density at radius 2 is 1.82 bits per heavy atom. The van der Waals surface area contributed by atoms with Crippen molar-refractivity contribution in [3.63, 3.8) is 0 Å². The van der Waals surface area contributed by atoms with Gasteiger partial charge in [-0.1, -0.05) is 30.0 Å². The minimum atomic E-state index is 0.587. The van der Waals surface area contributed by atoms with Gasteiger partial charge in [0.15, 0.2) is 6.20 Å². The average Bonchev–Trinajstić information content (AvgIpc) is 2.38. The van der Waals surface area contributed by atoms with Crippen molar-refractivity contribution in [2.45, 2.75) is 5.03 Å². The van der Waals surface area contributed by atoms with E-state index >= 15 is 0 Å². The average molecular weight is 247 g/mol. The summed E-state index contributed by atoms with van der Waals surface area (Å²) in [6.45, 7) is 0.587. The minimum Gasteiger partial charge on any atom is -0.618 e. The molecule has 0 aliphatic carbocycles. The second-order valence-electron chi connectivity index (χ2n) is 3.37. The molecule has 0 radical (unpaired) electrons. The van der Waals surface area contributed by atoms with Gasteiger partial charge in [-0.05, 0) is 18.2 Å². The Morgan fingerprint density at radius 1 is 1.06 bits per heavy atom. The Balaban J connectivity index is 1.76. The lowest BCUT2D eigenvalue weighted by atomic mass is 10.3. The third-order valence-corrected chi connectivity index (χ3v) is 3.12. The zero-order chi connectivity index (χ0) is 11.9. The molecule has 0 fully saturated rings. The smallest absolute Gasteiger partial charge is 0.251 e. The summed E-state index contributed by atoms with van der Waals surface area (Å²) in [5, 5.41) is 12.0. The lowest BCUT2D eigenvalue weighted by Crippen LogP contribution is -2.27. The molecular weight excluding hydrogens is 234 g/mol. The normalized spacial score (nSPS) is 10.1. The van der Waals surface area contributed by atoms with E-state index < -0.39 is 0 Å². The second kappa shape index (κ2) is 6.15. The van der Waals surface area contributed by atoms with Gasteiger partial charge in [0.25, 0.3) is 5.03 Å². The number of pyridine rings is 1. The number of para-hydroxylation sites is 1. The highest BCUT2D eigenvalue weighted by atomic mass is 32.2. The van der Waals surface area contributed by atoms with Crippen LogP contribution in [0.25, 0.3) is 0 Å². The Morgan fingerprint density at radius 3 is 2.59 bits per heavy atom. The fourth-order valence-electron chi connectivity index (χ4n) is 1.35. The van der Waals surface area contributed by atoms with Crippen LogP contribution in [0.1, 0.15) is 0 Å². The van der Waals surface area contributed by atoms with Gasteiger partial charge in [-0.2, -0.15) is 4.73 Å². The number of nitrogens with zero attached hydrogens (tertiary/aromatic N) is 1. The molecular formula is C13H13NO2S. The molecule has 2 aromatic rings. The summed E-state index contributed by atoms with van der Waals surface area (Å²) in [5.41, 5.74) is 0. The topological polar surface area (TPSA) is 36.2 Å². The Hall–Kier alpha value is -1.68. The summed E-state index contributed by atoms with van der Waals surface area (Å²) in [4.78, 5) is 0. The van der Waals surface area contributed by atoms with E-state index in [1.165, 1.54) is 18.0 Å². The van der Waals surface area contributed by atoms with Crippen molar-refractivity contribution in [3.8, 4) is 5.75 Å². The van der Waals surface area contributed by atoms with Crippen LogP contribution >= 0.6 is 11.8 Å². The molecule has 0 aliphatic heterocycles. The van der Waals surface area contributed by atoms with Crippen molar-refractivity contribution in [3.05, 3.63) is 59.9 Å². The molecule has 2 rings (SSSR count). The maximum atomic E-state index is 11.3. The molecule has 0 saturated carbocycles. The van der Waals surface area contributed by atoms with Gasteiger partial charge < -0.3 is 9.94 Å². The zero-order valence-corrected chi connectivity index (χ0v) is 10.1. The largest absolute Gasteiger partial charge is 0.618 e. The summed E-state index contributed by atoms with van der Waals surface area (Å²) < 4.78 is 6.40. The van der Waals surface area contributed by atoms with Crippen LogP contribution in [-0.4, -0.2) is 12.4 Å². The summed E-state index contributed by atoms with van der Waals surface area (Å²) >= 11 is 1.49. The molecule has 4 heteroatoms. The van der Waals surface area contributed by atoms with Crippen molar-refractivity contribution in [2.24, 2.45) is 0 Å². The van der Waals surface area contributed by atoms with E-state index in [0.717, 1.165) is 16.2 Å². The maximum absolute atomic E-state index is 11.3. The van der Waals surface area contributed by atoms with Crippen molar-refractivity contribution >= 4 is 11.8 Å². The first kappa shape index (κ1) is 11.8. The fraction of sp³-hybridized carbons (Fsp3) is 0.154. The molecule has 0 bridgehead atoms. The van der Waals surface area contributed by atoms with Crippen LogP contribution in [0, 0.1) is 5.21 Å². The number of rotatable bonds is 5. The van der Waals surface area contributed by atoms with E-state index in [1.807, 2.05) is 36.4 Å². The molecule has 88 valence electrons. The minimum absolute atomic E-state index is 0.587. The molecule has 0 N–H and O–H groups in total. The number of thioether (sulfide) groups is 1. The van der Waals surface area contributed by atoms with Crippen LogP contribution < -0.4 is 9.47 Å². The second-order valence-corrected chi connectivity index (χ2v) is 4.49. The third kappa shape index (κ3) is 3.67. The highest BCUT2D eigenvalue weighted by Gasteiger charge is 2.03. The fourth-order valence-corrected chi connectivity index (χ4v) is 2.09. The van der Waals surface area contributed by atoms with Crippen molar-refractivity contribution in [2.75, 3.05) is 12.4 Å². The van der Waals surface area contributed by atoms with Gasteiger partial charge in [-0.15, -0.1) is 0 Å². The van der Waals surface area contributed by atoms with Gasteiger partial charge >= 0.3 is 0 Å². The number of aromatic nitrogens is 1. The van der Waals surface area contributed by atoms with Crippen molar-refractivity contribution in [1.82, 2.24) is 0 Å². The molecule has 3 nitrogen and oxygen atoms in total. The van der Waals surface area contributed by atoms with Crippen LogP contribution in [0.4, 0.5) is 0 Å². The van der Waals surface area contributed by atoms with Gasteiger partial charge in [0.05, 0.1) is 6.61 Å². The lowest BCUT2D eigenvalue weighted by molar-refractivity contribution is -0.645. The monoisotopic (exact) mass is 247 g/mol. The lowest BCUT2D eigenvalue weighted by Gasteiger charge is -2.05. The number of ether oxygens (including phenoxy) is 1. The van der Waals surface area contributed by atoms with Gasteiger partial charge in [0, 0.05) is 17.9 Å². The molecule has 0 aliphatic rings. The van der Waals surface area contributed by atoms with E-state index in [-0.39, 0.29) is 0 Å². The number of hydrogen-bond acceptors (Lipinski definition) is 3. The van der Waals surface area contributed by atoms with Gasteiger partial charge in [-0.3, -0.25) is 0 Å². The van der Waals surface area contributed by atoms with E-state index in [0.29, 0.717) is 11.6 Å². The Kier molecular flexibility index (Phi) is 4.27. The highest BCUT2D eigenvalue weighted by Crippen LogP contribution is 2.13. The molecule has 0 spiro atoms. The molecule has 17 heavy (non-hydrogen) atoms. The first-order valence-corrected chi connectivity index (χ1v) is 6.33. The zero-order valence-electron chi connectivity index (χ0n) is 9.28. The van der Waals surface area contributed by atoms with Gasteiger partial charge in [0.2, 0.25) is 0 Å². The molecule has 0 atom stereocenters. The Labute approximate surface area is 105 Å². The van der Waals surface area contributed by atoms with Crippen LogP contribution in [0.3, 0.4) is 0 Å². The van der Waals surface area contributed by atoms with E-state index in [9.17, 15) is 5.21 Å². The van der Waals surface area contributed by atoms with Gasteiger partial charge in [0.1, 0.15) is 5.75 Å². The molecule has 1 aromatic heterocycles.